The molecule has 0 bridgehead atoms. The van der Waals surface area contributed by atoms with Crippen LogP contribution in [-0.4, -0.2) is 11.8 Å². The molecule has 0 amide bonds. The van der Waals surface area contributed by atoms with Crippen LogP contribution in [0.2, 0.25) is 0 Å². The summed E-state index contributed by atoms with van der Waals surface area (Å²) in [6, 6.07) is 9.43. The predicted octanol–water partition coefficient (Wildman–Crippen LogP) is 2.00. The largest absolute Gasteiger partial charge is 0.328 e. The standard InChI is InChI=1S/C11H15NO/c1-9(12)7-8-11(13)10-5-3-2-4-6-10/h2-6,9H,7-8,12H2,1H3/t9-/m1/s1. The SMILES string of the molecule is C[C@@H](N)CCC(=O)c1ccccc1. The highest BCUT2D eigenvalue weighted by Gasteiger charge is 2.05. The van der Waals surface area contributed by atoms with Crippen LogP contribution in [0.4, 0.5) is 0 Å². The van der Waals surface area contributed by atoms with Crippen molar-refractivity contribution in [3.05, 3.63) is 35.9 Å². The molecule has 0 aliphatic rings. The average Bonchev–Trinajstić information content (AvgIpc) is 2.15. The fraction of sp³-hybridized carbons (Fsp3) is 0.364. The average molecular weight is 177 g/mol. The van der Waals surface area contributed by atoms with Crippen molar-refractivity contribution in [2.45, 2.75) is 25.8 Å². The van der Waals surface area contributed by atoms with Gasteiger partial charge in [0.2, 0.25) is 0 Å². The van der Waals surface area contributed by atoms with Crippen LogP contribution < -0.4 is 5.73 Å². The Morgan fingerprint density at radius 2 is 2.00 bits per heavy atom. The summed E-state index contributed by atoms with van der Waals surface area (Å²) >= 11 is 0. The van der Waals surface area contributed by atoms with Gasteiger partial charge in [-0.05, 0) is 13.3 Å². The zero-order valence-electron chi connectivity index (χ0n) is 7.86. The summed E-state index contributed by atoms with van der Waals surface area (Å²) in [4.78, 5) is 11.5. The van der Waals surface area contributed by atoms with Crippen molar-refractivity contribution in [3.63, 3.8) is 0 Å². The van der Waals surface area contributed by atoms with Gasteiger partial charge < -0.3 is 5.73 Å². The number of carbonyl (C=O) groups excluding carboxylic acids is 1. The monoisotopic (exact) mass is 177 g/mol. The zero-order chi connectivity index (χ0) is 9.68. The van der Waals surface area contributed by atoms with Gasteiger partial charge in [0.05, 0.1) is 0 Å². The lowest BCUT2D eigenvalue weighted by atomic mass is 10.0. The summed E-state index contributed by atoms with van der Waals surface area (Å²) in [6.45, 7) is 1.91. The van der Waals surface area contributed by atoms with Crippen LogP contribution in [0.15, 0.2) is 30.3 Å². The van der Waals surface area contributed by atoms with E-state index < -0.39 is 0 Å². The molecule has 0 unspecified atom stereocenters. The smallest absolute Gasteiger partial charge is 0.162 e. The number of ketones is 1. The Balaban J connectivity index is 2.50. The summed E-state index contributed by atoms with van der Waals surface area (Å²) in [5.41, 5.74) is 6.35. The van der Waals surface area contributed by atoms with Gasteiger partial charge >= 0.3 is 0 Å². The molecule has 0 saturated carbocycles. The molecular formula is C11H15NO. The molecule has 1 aromatic rings. The maximum atomic E-state index is 11.5. The first-order valence-corrected chi connectivity index (χ1v) is 4.54. The maximum Gasteiger partial charge on any atom is 0.162 e. The number of hydrogen-bond donors (Lipinski definition) is 1. The molecule has 0 radical (unpaired) electrons. The number of nitrogens with two attached hydrogens (primary N) is 1. The van der Waals surface area contributed by atoms with Gasteiger partial charge in [-0.2, -0.15) is 0 Å². The number of rotatable bonds is 4. The third-order valence-corrected chi connectivity index (χ3v) is 1.92. The van der Waals surface area contributed by atoms with E-state index in [1.807, 2.05) is 37.3 Å². The highest BCUT2D eigenvalue weighted by atomic mass is 16.1. The van der Waals surface area contributed by atoms with Crippen molar-refractivity contribution in [1.82, 2.24) is 0 Å². The van der Waals surface area contributed by atoms with Gasteiger partial charge in [-0.25, -0.2) is 0 Å². The van der Waals surface area contributed by atoms with Crippen molar-refractivity contribution in [3.8, 4) is 0 Å². The number of Topliss-reactive ketones (excluding diaryl/α,β-unsaturated/α-hetero) is 1. The number of hydrogen-bond acceptors (Lipinski definition) is 2. The number of benzene rings is 1. The molecule has 1 rings (SSSR count). The molecule has 0 aliphatic carbocycles. The summed E-state index contributed by atoms with van der Waals surface area (Å²) in [5.74, 6) is 0.179. The lowest BCUT2D eigenvalue weighted by molar-refractivity contribution is 0.0978. The van der Waals surface area contributed by atoms with E-state index in [1.54, 1.807) is 0 Å². The van der Waals surface area contributed by atoms with Crippen LogP contribution in [0.1, 0.15) is 30.1 Å². The van der Waals surface area contributed by atoms with Crippen LogP contribution >= 0.6 is 0 Å². The van der Waals surface area contributed by atoms with Gasteiger partial charge in [0.1, 0.15) is 0 Å². The molecule has 2 heteroatoms. The molecule has 1 atom stereocenters. The third-order valence-electron chi connectivity index (χ3n) is 1.92. The van der Waals surface area contributed by atoms with E-state index in [9.17, 15) is 4.79 Å². The van der Waals surface area contributed by atoms with E-state index in [0.717, 1.165) is 12.0 Å². The van der Waals surface area contributed by atoms with Gasteiger partial charge in [0.15, 0.2) is 5.78 Å². The molecule has 0 aromatic heterocycles. The molecule has 2 nitrogen and oxygen atoms in total. The van der Waals surface area contributed by atoms with Crippen molar-refractivity contribution >= 4 is 5.78 Å². The maximum absolute atomic E-state index is 11.5. The normalized spacial score (nSPS) is 12.5. The second-order valence-electron chi connectivity index (χ2n) is 3.31. The predicted molar refractivity (Wildman–Crippen MR) is 53.7 cm³/mol. The highest BCUT2D eigenvalue weighted by molar-refractivity contribution is 5.95. The summed E-state index contributed by atoms with van der Waals surface area (Å²) in [7, 11) is 0. The Morgan fingerprint density at radius 3 is 2.54 bits per heavy atom. The van der Waals surface area contributed by atoms with Crippen LogP contribution in [0, 0.1) is 0 Å². The van der Waals surface area contributed by atoms with Crippen LogP contribution in [0.3, 0.4) is 0 Å². The second-order valence-corrected chi connectivity index (χ2v) is 3.31. The molecule has 0 spiro atoms. The van der Waals surface area contributed by atoms with Gasteiger partial charge in [-0.15, -0.1) is 0 Å². The molecule has 1 aromatic carbocycles. The fourth-order valence-corrected chi connectivity index (χ4v) is 1.13. The Morgan fingerprint density at radius 1 is 1.38 bits per heavy atom. The molecular weight excluding hydrogens is 162 g/mol. The van der Waals surface area contributed by atoms with Crippen molar-refractivity contribution < 1.29 is 4.79 Å². The van der Waals surface area contributed by atoms with Crippen molar-refractivity contribution in [2.75, 3.05) is 0 Å². The topological polar surface area (TPSA) is 43.1 Å². The van der Waals surface area contributed by atoms with E-state index in [4.69, 9.17) is 5.73 Å². The molecule has 70 valence electrons. The number of carbonyl (C=O) groups is 1. The van der Waals surface area contributed by atoms with Crippen LogP contribution in [0.5, 0.6) is 0 Å². The molecule has 0 heterocycles. The second kappa shape index (κ2) is 4.77. The Labute approximate surface area is 78.8 Å². The summed E-state index contributed by atoms with van der Waals surface area (Å²) < 4.78 is 0. The van der Waals surface area contributed by atoms with Gasteiger partial charge in [0.25, 0.3) is 0 Å². The Kier molecular flexibility index (Phi) is 3.65. The zero-order valence-corrected chi connectivity index (χ0v) is 7.86. The summed E-state index contributed by atoms with van der Waals surface area (Å²) in [5, 5.41) is 0. The minimum atomic E-state index is 0.104. The molecule has 0 saturated heterocycles. The van der Waals surface area contributed by atoms with E-state index in [1.165, 1.54) is 0 Å². The first-order valence-electron chi connectivity index (χ1n) is 4.54. The van der Waals surface area contributed by atoms with Gasteiger partial charge in [0, 0.05) is 18.0 Å². The van der Waals surface area contributed by atoms with Gasteiger partial charge in [-0.3, -0.25) is 4.79 Å². The summed E-state index contributed by atoms with van der Waals surface area (Å²) in [6.07, 6.45) is 1.30. The molecule has 0 aliphatic heterocycles. The molecule has 13 heavy (non-hydrogen) atoms. The first kappa shape index (κ1) is 9.93. The van der Waals surface area contributed by atoms with Crippen molar-refractivity contribution in [1.29, 1.82) is 0 Å². The minimum Gasteiger partial charge on any atom is -0.328 e. The van der Waals surface area contributed by atoms with E-state index in [0.29, 0.717) is 6.42 Å². The van der Waals surface area contributed by atoms with Crippen LogP contribution in [-0.2, 0) is 0 Å². The Bertz CT molecular complexity index is 267. The van der Waals surface area contributed by atoms with Crippen LogP contribution in [0.25, 0.3) is 0 Å². The minimum absolute atomic E-state index is 0.104. The quantitative estimate of drug-likeness (QED) is 0.715. The molecule has 2 N–H and O–H groups in total. The van der Waals surface area contributed by atoms with Gasteiger partial charge in [-0.1, -0.05) is 30.3 Å². The van der Waals surface area contributed by atoms with E-state index in [2.05, 4.69) is 0 Å². The molecule has 0 fully saturated rings. The van der Waals surface area contributed by atoms with E-state index in [-0.39, 0.29) is 11.8 Å². The highest BCUT2D eigenvalue weighted by Crippen LogP contribution is 2.05. The first-order chi connectivity index (χ1) is 6.20. The van der Waals surface area contributed by atoms with Crippen molar-refractivity contribution in [2.24, 2.45) is 5.73 Å². The Hall–Kier alpha value is -1.15. The lowest BCUT2D eigenvalue weighted by Gasteiger charge is -2.03. The lowest BCUT2D eigenvalue weighted by Crippen LogP contribution is -2.16. The van der Waals surface area contributed by atoms with E-state index >= 15 is 0 Å². The fourth-order valence-electron chi connectivity index (χ4n) is 1.13. The third kappa shape index (κ3) is 3.38.